The molecule has 0 aliphatic carbocycles. The number of hydrogen-bond donors (Lipinski definition) is 0. The highest BCUT2D eigenvalue weighted by atomic mass is 16.1. The van der Waals surface area contributed by atoms with E-state index >= 15 is 0 Å². The molecule has 0 spiro atoms. The predicted molar refractivity (Wildman–Crippen MR) is 34.1 cm³/mol. The summed E-state index contributed by atoms with van der Waals surface area (Å²) >= 11 is 0. The van der Waals surface area contributed by atoms with E-state index in [2.05, 4.69) is 13.8 Å². The number of hydrogen-bond acceptors (Lipinski definition) is 1. The van der Waals surface area contributed by atoms with E-state index < -0.39 is 0 Å². The molecule has 0 N–H and O–H groups in total. The summed E-state index contributed by atoms with van der Waals surface area (Å²) in [6, 6.07) is 0. The molecule has 0 bridgehead atoms. The van der Waals surface area contributed by atoms with Crippen LogP contribution in [0.1, 0.15) is 19.8 Å². The van der Waals surface area contributed by atoms with Crippen molar-refractivity contribution < 1.29 is 4.79 Å². The van der Waals surface area contributed by atoms with Gasteiger partial charge in [-0.1, -0.05) is 13.3 Å². The minimum atomic E-state index is -0.00755. The molecule has 0 aromatic carbocycles. The smallest absolute Gasteiger partial charge is 0.133 e. The van der Waals surface area contributed by atoms with E-state index in [-0.39, 0.29) is 11.7 Å². The van der Waals surface area contributed by atoms with Gasteiger partial charge in [-0.2, -0.15) is 0 Å². The minimum absolute atomic E-state index is 0.00755. The highest BCUT2D eigenvalue weighted by molar-refractivity contribution is 5.82. The maximum absolute atomic E-state index is 10.3. The van der Waals surface area contributed by atoms with E-state index in [0.29, 0.717) is 6.42 Å². The van der Waals surface area contributed by atoms with Gasteiger partial charge in [0.15, 0.2) is 0 Å². The van der Waals surface area contributed by atoms with Gasteiger partial charge in [0.25, 0.3) is 0 Å². The Labute approximate surface area is 51.1 Å². The third kappa shape index (κ3) is 3.85. The van der Waals surface area contributed by atoms with Crippen LogP contribution in [0.2, 0.25) is 0 Å². The van der Waals surface area contributed by atoms with Crippen LogP contribution in [0.25, 0.3) is 0 Å². The summed E-state index contributed by atoms with van der Waals surface area (Å²) in [4.78, 5) is 10.3. The number of ketones is 1. The van der Waals surface area contributed by atoms with E-state index in [1.165, 1.54) is 0 Å². The highest BCUT2D eigenvalue weighted by Gasteiger charge is 2.00. The molecule has 1 atom stereocenters. The normalized spacial score (nSPS) is 13.4. The summed E-state index contributed by atoms with van der Waals surface area (Å²) in [5.41, 5.74) is 0. The monoisotopic (exact) mass is 112 g/mol. The fourth-order valence-corrected chi connectivity index (χ4v) is 0.466. The maximum Gasteiger partial charge on any atom is 0.133 e. The van der Waals surface area contributed by atoms with Crippen LogP contribution < -0.4 is 0 Å². The molecule has 0 amide bonds. The zero-order valence-corrected chi connectivity index (χ0v) is 5.31. The molecule has 46 valence electrons. The lowest BCUT2D eigenvalue weighted by atomic mass is 10.0. The van der Waals surface area contributed by atoms with Crippen LogP contribution in [-0.4, -0.2) is 5.78 Å². The molecular formula is C7H12O. The average molecular weight is 112 g/mol. The van der Waals surface area contributed by atoms with Crippen molar-refractivity contribution in [3.63, 3.8) is 0 Å². The van der Waals surface area contributed by atoms with Crippen LogP contribution in [0.4, 0.5) is 0 Å². The van der Waals surface area contributed by atoms with Crippen LogP contribution in [0, 0.1) is 19.8 Å². The van der Waals surface area contributed by atoms with Gasteiger partial charge >= 0.3 is 0 Å². The highest BCUT2D eigenvalue weighted by Crippen LogP contribution is 2.04. The van der Waals surface area contributed by atoms with Gasteiger partial charge in [-0.25, -0.2) is 0 Å². The summed E-state index contributed by atoms with van der Waals surface area (Å²) < 4.78 is 0. The molecule has 0 aromatic rings. The van der Waals surface area contributed by atoms with Crippen molar-refractivity contribution >= 4 is 5.78 Å². The Morgan fingerprint density at radius 3 is 2.38 bits per heavy atom. The first kappa shape index (κ1) is 7.67. The van der Waals surface area contributed by atoms with Crippen molar-refractivity contribution in [2.45, 2.75) is 19.8 Å². The Kier molecular flexibility index (Phi) is 3.49. The largest absolute Gasteiger partial charge is 0.300 e. The van der Waals surface area contributed by atoms with E-state index in [1.807, 2.05) is 6.92 Å². The van der Waals surface area contributed by atoms with Crippen molar-refractivity contribution in [3.05, 3.63) is 13.8 Å². The molecular weight excluding hydrogens is 100 g/mol. The van der Waals surface area contributed by atoms with Crippen LogP contribution >= 0.6 is 0 Å². The van der Waals surface area contributed by atoms with E-state index in [1.54, 1.807) is 0 Å². The lowest BCUT2D eigenvalue weighted by molar-refractivity contribution is -0.115. The molecule has 0 rings (SSSR count). The van der Waals surface area contributed by atoms with E-state index in [0.717, 1.165) is 6.42 Å². The second kappa shape index (κ2) is 3.65. The molecule has 0 aliphatic rings. The van der Waals surface area contributed by atoms with Crippen LogP contribution in [0.15, 0.2) is 0 Å². The molecule has 0 aromatic heterocycles. The first-order chi connectivity index (χ1) is 3.66. The van der Waals surface area contributed by atoms with Crippen molar-refractivity contribution in [1.29, 1.82) is 0 Å². The second-order valence-electron chi connectivity index (χ2n) is 2.02. The van der Waals surface area contributed by atoms with Crippen molar-refractivity contribution in [2.24, 2.45) is 5.92 Å². The zero-order chi connectivity index (χ0) is 6.57. The SMILES string of the molecule is [CH2]C(=O)CC([CH2])CC. The molecule has 8 heavy (non-hydrogen) atoms. The van der Waals surface area contributed by atoms with Crippen molar-refractivity contribution in [1.82, 2.24) is 0 Å². The van der Waals surface area contributed by atoms with Gasteiger partial charge < -0.3 is 0 Å². The van der Waals surface area contributed by atoms with Crippen molar-refractivity contribution in [2.75, 3.05) is 0 Å². The summed E-state index contributed by atoms with van der Waals surface area (Å²) in [6.07, 6.45) is 1.48. The first-order valence-electron chi connectivity index (χ1n) is 2.84. The molecule has 0 aliphatic heterocycles. The predicted octanol–water partition coefficient (Wildman–Crippen LogP) is 1.64. The number of rotatable bonds is 3. The Morgan fingerprint density at radius 2 is 2.25 bits per heavy atom. The summed E-state index contributed by atoms with van der Waals surface area (Å²) in [7, 11) is 0. The van der Waals surface area contributed by atoms with E-state index in [9.17, 15) is 4.79 Å². The Balaban J connectivity index is 3.24. The van der Waals surface area contributed by atoms with Crippen molar-refractivity contribution in [3.8, 4) is 0 Å². The topological polar surface area (TPSA) is 17.1 Å². The van der Waals surface area contributed by atoms with Gasteiger partial charge in [0.2, 0.25) is 0 Å². The average Bonchev–Trinajstić information content (AvgIpc) is 1.65. The molecule has 0 saturated heterocycles. The molecule has 1 heteroatoms. The van der Waals surface area contributed by atoms with Crippen LogP contribution in [0.5, 0.6) is 0 Å². The second-order valence-corrected chi connectivity index (χ2v) is 2.02. The Hall–Kier alpha value is -0.330. The number of carbonyl (C=O) groups excluding carboxylic acids is 1. The summed E-state index contributed by atoms with van der Waals surface area (Å²) in [6.45, 7) is 9.00. The van der Waals surface area contributed by atoms with E-state index in [4.69, 9.17) is 0 Å². The summed E-state index contributed by atoms with van der Waals surface area (Å²) in [5.74, 6) is 0.256. The molecule has 0 heterocycles. The Bertz CT molecular complexity index is 76.5. The van der Waals surface area contributed by atoms with Gasteiger partial charge in [-0.05, 0) is 12.8 Å². The third-order valence-corrected chi connectivity index (χ3v) is 1.09. The Morgan fingerprint density at radius 1 is 1.75 bits per heavy atom. The van der Waals surface area contributed by atoms with Gasteiger partial charge in [-0.15, -0.1) is 0 Å². The zero-order valence-electron chi connectivity index (χ0n) is 5.31. The van der Waals surface area contributed by atoms with Crippen LogP contribution in [0.3, 0.4) is 0 Å². The van der Waals surface area contributed by atoms with Gasteiger partial charge in [-0.3, -0.25) is 4.79 Å². The lowest BCUT2D eigenvalue weighted by Gasteiger charge is -2.01. The first-order valence-corrected chi connectivity index (χ1v) is 2.84. The minimum Gasteiger partial charge on any atom is -0.300 e. The molecule has 1 unspecified atom stereocenters. The molecule has 1 nitrogen and oxygen atoms in total. The quantitative estimate of drug-likeness (QED) is 0.542. The molecule has 2 radical (unpaired) electrons. The third-order valence-electron chi connectivity index (χ3n) is 1.09. The lowest BCUT2D eigenvalue weighted by Crippen LogP contribution is -1.99. The van der Waals surface area contributed by atoms with Gasteiger partial charge in [0.05, 0.1) is 0 Å². The fourth-order valence-electron chi connectivity index (χ4n) is 0.466. The van der Waals surface area contributed by atoms with Gasteiger partial charge in [0.1, 0.15) is 5.78 Å². The number of carbonyl (C=O) groups is 1. The fraction of sp³-hybridized carbons (Fsp3) is 0.571. The summed E-state index contributed by atoms with van der Waals surface area (Å²) in [5, 5.41) is 0. The maximum atomic E-state index is 10.3. The van der Waals surface area contributed by atoms with Gasteiger partial charge in [0, 0.05) is 13.3 Å². The standard InChI is InChI=1S/C7H12O/c1-4-6(2)5-7(3)8/h6H,2-5H2,1H3. The molecule has 0 saturated carbocycles. The van der Waals surface area contributed by atoms with Crippen LogP contribution in [-0.2, 0) is 4.79 Å². The number of Topliss-reactive ketones (excluding diaryl/α,β-unsaturated/α-hetero) is 1. The molecule has 0 fully saturated rings.